The molecule has 1 heterocycles. The number of benzene rings is 1. The number of carbonyl (C=O) groups excluding carboxylic acids is 2. The third-order valence-corrected chi connectivity index (χ3v) is 4.15. The maximum Gasteiger partial charge on any atom is 0.514 e. The summed E-state index contributed by atoms with van der Waals surface area (Å²) in [4.78, 5) is 34.9. The topological polar surface area (TPSA) is 150 Å². The Hall–Kier alpha value is -4.51. The standard InChI is InChI=1S/C21H19N3O8/c1-4-10-29-20(25)31-18-13(2)23-14(3)19(32-21(26)30-11-6-9-22)17(18)15-7-5-8-16(12-15)24(27)28/h1,5,7-8,12,17,23H,6,10-11H2,2-3H3. The molecule has 32 heavy (non-hydrogen) atoms. The Labute approximate surface area is 183 Å². The monoisotopic (exact) mass is 441 g/mol. The molecule has 11 heteroatoms. The van der Waals surface area contributed by atoms with Gasteiger partial charge >= 0.3 is 12.3 Å². The van der Waals surface area contributed by atoms with Gasteiger partial charge in [0.1, 0.15) is 24.0 Å². The smallest absolute Gasteiger partial charge is 0.433 e. The minimum atomic E-state index is -1.11. The third kappa shape index (κ3) is 6.00. The Morgan fingerprint density at radius 2 is 1.81 bits per heavy atom. The van der Waals surface area contributed by atoms with Crippen molar-refractivity contribution >= 4 is 18.0 Å². The second kappa shape index (κ2) is 11.0. The lowest BCUT2D eigenvalue weighted by Crippen LogP contribution is -2.29. The van der Waals surface area contributed by atoms with Gasteiger partial charge in [-0.1, -0.05) is 18.1 Å². The van der Waals surface area contributed by atoms with Gasteiger partial charge in [0.25, 0.3) is 5.69 Å². The first-order valence-electron chi connectivity index (χ1n) is 9.21. The van der Waals surface area contributed by atoms with E-state index < -0.39 is 23.2 Å². The van der Waals surface area contributed by atoms with Crippen LogP contribution in [-0.2, 0) is 18.9 Å². The number of nitriles is 1. The maximum absolute atomic E-state index is 12.1. The van der Waals surface area contributed by atoms with E-state index in [1.165, 1.54) is 18.2 Å². The molecule has 0 saturated carbocycles. The van der Waals surface area contributed by atoms with Crippen molar-refractivity contribution in [3.8, 4) is 18.4 Å². The van der Waals surface area contributed by atoms with Gasteiger partial charge in [-0.05, 0) is 19.4 Å². The van der Waals surface area contributed by atoms with E-state index in [-0.39, 0.29) is 36.8 Å². The molecule has 1 N–H and O–H groups in total. The number of nitro benzene ring substituents is 1. The number of hydrogen-bond donors (Lipinski definition) is 1. The molecular weight excluding hydrogens is 422 g/mol. The Kier molecular flexibility index (Phi) is 8.20. The summed E-state index contributed by atoms with van der Waals surface area (Å²) in [5.74, 6) is 1.07. The van der Waals surface area contributed by atoms with E-state index >= 15 is 0 Å². The van der Waals surface area contributed by atoms with Gasteiger partial charge in [0.05, 0.1) is 28.8 Å². The molecule has 1 atom stereocenters. The minimum Gasteiger partial charge on any atom is -0.433 e. The highest BCUT2D eigenvalue weighted by molar-refractivity contribution is 5.65. The second-order valence-electron chi connectivity index (χ2n) is 6.34. The van der Waals surface area contributed by atoms with E-state index in [0.717, 1.165) is 0 Å². The van der Waals surface area contributed by atoms with Gasteiger partial charge in [0.15, 0.2) is 6.61 Å². The van der Waals surface area contributed by atoms with Crippen LogP contribution in [0.1, 0.15) is 31.7 Å². The third-order valence-electron chi connectivity index (χ3n) is 4.15. The van der Waals surface area contributed by atoms with E-state index in [1.54, 1.807) is 19.9 Å². The van der Waals surface area contributed by atoms with Gasteiger partial charge in [-0.2, -0.15) is 5.26 Å². The molecule has 166 valence electrons. The number of ether oxygens (including phenoxy) is 4. The molecular formula is C21H19N3O8. The number of nitrogens with zero attached hydrogens (tertiary/aromatic N) is 2. The summed E-state index contributed by atoms with van der Waals surface area (Å²) in [5, 5.41) is 22.8. The predicted molar refractivity (Wildman–Crippen MR) is 108 cm³/mol. The molecule has 0 saturated heterocycles. The van der Waals surface area contributed by atoms with Crippen molar-refractivity contribution in [3.63, 3.8) is 0 Å². The van der Waals surface area contributed by atoms with Crippen molar-refractivity contribution in [2.24, 2.45) is 0 Å². The Morgan fingerprint density at radius 1 is 1.19 bits per heavy atom. The van der Waals surface area contributed by atoms with E-state index in [2.05, 4.69) is 11.2 Å². The van der Waals surface area contributed by atoms with Gasteiger partial charge < -0.3 is 24.3 Å². The van der Waals surface area contributed by atoms with Crippen molar-refractivity contribution < 1.29 is 33.5 Å². The van der Waals surface area contributed by atoms with Crippen molar-refractivity contribution in [3.05, 3.63) is 62.9 Å². The van der Waals surface area contributed by atoms with Gasteiger partial charge in [0, 0.05) is 12.1 Å². The molecule has 1 unspecified atom stereocenters. The number of hydrogen-bond acceptors (Lipinski definition) is 10. The van der Waals surface area contributed by atoms with Crippen LogP contribution in [0.25, 0.3) is 0 Å². The highest BCUT2D eigenvalue weighted by atomic mass is 16.7. The molecule has 0 fully saturated rings. The molecule has 1 aliphatic rings. The van der Waals surface area contributed by atoms with Crippen molar-refractivity contribution in [2.45, 2.75) is 26.2 Å². The van der Waals surface area contributed by atoms with Crippen LogP contribution in [0.5, 0.6) is 0 Å². The summed E-state index contributed by atoms with van der Waals surface area (Å²) in [6.07, 6.45) is 2.84. The lowest BCUT2D eigenvalue weighted by molar-refractivity contribution is -0.384. The highest BCUT2D eigenvalue weighted by Crippen LogP contribution is 2.40. The zero-order valence-corrected chi connectivity index (χ0v) is 17.2. The minimum absolute atomic E-state index is 0.0158. The molecule has 11 nitrogen and oxygen atoms in total. The number of non-ortho nitro benzene ring substituents is 1. The lowest BCUT2D eigenvalue weighted by Gasteiger charge is -2.30. The summed E-state index contributed by atoms with van der Waals surface area (Å²) in [5.41, 5.74) is 0.836. The van der Waals surface area contributed by atoms with Gasteiger partial charge in [0.2, 0.25) is 0 Å². The summed E-state index contributed by atoms with van der Waals surface area (Å²) < 4.78 is 20.3. The van der Waals surface area contributed by atoms with Crippen LogP contribution in [-0.4, -0.2) is 30.4 Å². The van der Waals surface area contributed by atoms with Crippen molar-refractivity contribution in [1.82, 2.24) is 5.32 Å². The van der Waals surface area contributed by atoms with Crippen LogP contribution < -0.4 is 5.32 Å². The summed E-state index contributed by atoms with van der Waals surface area (Å²) >= 11 is 0. The van der Waals surface area contributed by atoms with Gasteiger partial charge in [-0.25, -0.2) is 9.59 Å². The van der Waals surface area contributed by atoms with Gasteiger partial charge in [-0.3, -0.25) is 10.1 Å². The van der Waals surface area contributed by atoms with Crippen molar-refractivity contribution in [1.29, 1.82) is 5.26 Å². The Morgan fingerprint density at radius 3 is 2.38 bits per heavy atom. The molecule has 0 bridgehead atoms. The summed E-state index contributed by atoms with van der Waals surface area (Å²) in [6.45, 7) is 2.68. The van der Waals surface area contributed by atoms with E-state index in [0.29, 0.717) is 17.0 Å². The van der Waals surface area contributed by atoms with E-state index in [4.69, 9.17) is 30.6 Å². The van der Waals surface area contributed by atoms with Crippen LogP contribution in [0.2, 0.25) is 0 Å². The SMILES string of the molecule is C#CCOC(=O)OC1=C(C)NC(C)=C(OC(=O)OCCC#N)C1c1cccc([N+](=O)[O-])c1. The molecule has 1 aromatic rings. The van der Waals surface area contributed by atoms with E-state index in [1.807, 2.05) is 6.07 Å². The number of carbonyl (C=O) groups is 2. The molecule has 1 aromatic carbocycles. The molecule has 2 rings (SSSR count). The maximum atomic E-state index is 12.1. The molecule has 1 aliphatic heterocycles. The number of rotatable bonds is 7. The molecule has 0 amide bonds. The average molecular weight is 441 g/mol. The normalized spacial score (nSPS) is 15.1. The lowest BCUT2D eigenvalue weighted by atomic mass is 9.90. The molecule has 0 aliphatic carbocycles. The van der Waals surface area contributed by atoms with Crippen molar-refractivity contribution in [2.75, 3.05) is 13.2 Å². The summed E-state index contributed by atoms with van der Waals surface area (Å²) in [7, 11) is 0. The number of nitrogens with one attached hydrogen (secondary N) is 1. The fourth-order valence-electron chi connectivity index (χ4n) is 2.87. The first-order chi connectivity index (χ1) is 15.3. The van der Waals surface area contributed by atoms with Crippen LogP contribution in [0.3, 0.4) is 0 Å². The first-order valence-corrected chi connectivity index (χ1v) is 9.21. The van der Waals surface area contributed by atoms with Crippen LogP contribution in [0.4, 0.5) is 15.3 Å². The van der Waals surface area contributed by atoms with Crippen LogP contribution in [0, 0.1) is 33.8 Å². The Balaban J connectivity index is 2.47. The fraction of sp³-hybridized carbons (Fsp3) is 0.286. The average Bonchev–Trinajstić information content (AvgIpc) is 2.75. The zero-order valence-electron chi connectivity index (χ0n) is 17.2. The molecule has 0 spiro atoms. The van der Waals surface area contributed by atoms with Gasteiger partial charge in [-0.15, -0.1) is 6.42 Å². The molecule has 0 aromatic heterocycles. The first kappa shape index (κ1) is 23.8. The van der Waals surface area contributed by atoms with E-state index in [9.17, 15) is 19.7 Å². The summed E-state index contributed by atoms with van der Waals surface area (Å²) in [6, 6.07) is 7.36. The fourth-order valence-corrected chi connectivity index (χ4v) is 2.87. The predicted octanol–water partition coefficient (Wildman–Crippen LogP) is 3.60. The number of allylic oxidation sites excluding steroid dienone is 2. The molecule has 0 radical (unpaired) electrons. The Bertz CT molecular complexity index is 1060. The van der Waals surface area contributed by atoms with Crippen LogP contribution in [0.15, 0.2) is 47.2 Å². The largest absolute Gasteiger partial charge is 0.514 e. The quantitative estimate of drug-likeness (QED) is 0.218. The highest BCUT2D eigenvalue weighted by Gasteiger charge is 2.36. The second-order valence-corrected chi connectivity index (χ2v) is 6.34. The number of terminal acetylenes is 1. The number of dihydropyridines is 1. The zero-order chi connectivity index (χ0) is 23.7. The number of nitro groups is 1. The van der Waals surface area contributed by atoms with Crippen LogP contribution >= 0.6 is 0 Å².